The highest BCUT2D eigenvalue weighted by Crippen LogP contribution is 2.19. The van der Waals surface area contributed by atoms with E-state index in [2.05, 4.69) is 22.6 Å². The second-order valence-corrected chi connectivity index (χ2v) is 4.07. The molecule has 66 valence electrons. The highest BCUT2D eigenvalue weighted by atomic mass is 127. The predicted molar refractivity (Wildman–Crippen MR) is 59.7 cm³/mol. The molecule has 0 aliphatic heterocycles. The van der Waals surface area contributed by atoms with E-state index in [0.29, 0.717) is 0 Å². The molecule has 0 aliphatic carbocycles. The highest BCUT2D eigenvalue weighted by Gasteiger charge is 2.12. The summed E-state index contributed by atoms with van der Waals surface area (Å²) in [5.74, 6) is 0. The van der Waals surface area contributed by atoms with Gasteiger partial charge in [-0.3, -0.25) is 0 Å². The Hall–Kier alpha value is -0.130. The van der Waals surface area contributed by atoms with E-state index in [9.17, 15) is 0 Å². The Balaban J connectivity index is 2.94. The molecule has 1 aromatic carbocycles. The van der Waals surface area contributed by atoms with E-state index in [4.69, 9.17) is 11.5 Å². The first kappa shape index (κ1) is 9.95. The van der Waals surface area contributed by atoms with Gasteiger partial charge in [-0.25, -0.2) is 0 Å². The minimum absolute atomic E-state index is 0.000848. The molecule has 2 nitrogen and oxygen atoms in total. The number of hydrogen-bond donors (Lipinski definition) is 2. The Morgan fingerprint density at radius 3 is 2.33 bits per heavy atom. The smallest absolute Gasteiger partial charge is 0.0456 e. The first-order valence-corrected chi connectivity index (χ1v) is 4.96. The molecule has 0 aliphatic rings. The highest BCUT2D eigenvalue weighted by molar-refractivity contribution is 14.1. The molecule has 0 saturated heterocycles. The van der Waals surface area contributed by atoms with Crippen molar-refractivity contribution in [1.29, 1.82) is 0 Å². The van der Waals surface area contributed by atoms with E-state index in [0.717, 1.165) is 5.56 Å². The summed E-state index contributed by atoms with van der Waals surface area (Å²) in [4.78, 5) is 0. The Labute approximate surface area is 86.5 Å². The molecule has 0 spiro atoms. The van der Waals surface area contributed by atoms with Crippen LogP contribution in [0.5, 0.6) is 0 Å². The fourth-order valence-corrected chi connectivity index (χ4v) is 1.78. The van der Waals surface area contributed by atoms with Crippen LogP contribution in [0.1, 0.15) is 18.5 Å². The third-order valence-electron chi connectivity index (χ3n) is 1.83. The summed E-state index contributed by atoms with van der Waals surface area (Å²) in [5, 5.41) is 0. The van der Waals surface area contributed by atoms with Gasteiger partial charge in [0, 0.05) is 15.7 Å². The zero-order chi connectivity index (χ0) is 9.14. The fourth-order valence-electron chi connectivity index (χ4n) is 1.03. The first-order valence-electron chi connectivity index (χ1n) is 3.88. The lowest BCUT2D eigenvalue weighted by atomic mass is 10.0. The molecule has 0 aromatic heterocycles. The molecule has 0 amide bonds. The van der Waals surface area contributed by atoms with Crippen LogP contribution >= 0.6 is 22.6 Å². The summed E-state index contributed by atoms with van der Waals surface area (Å²) < 4.78 is 1.18. The van der Waals surface area contributed by atoms with Crippen molar-refractivity contribution in [2.75, 3.05) is 0 Å². The summed E-state index contributed by atoms with van der Waals surface area (Å²) in [7, 11) is 0. The van der Waals surface area contributed by atoms with Crippen LogP contribution < -0.4 is 11.5 Å². The molecule has 0 unspecified atom stereocenters. The van der Waals surface area contributed by atoms with Crippen molar-refractivity contribution in [2.24, 2.45) is 11.5 Å². The molecule has 0 bridgehead atoms. The standard InChI is InChI=1S/C9H13IN2/c1-6(11)9(12)7-4-2-3-5-8(7)10/h2-6,9H,11-12H2,1H3/t6-,9+/m0/s1. The average Bonchev–Trinajstić information content (AvgIpc) is 2.04. The number of benzene rings is 1. The molecule has 0 radical (unpaired) electrons. The predicted octanol–water partition coefficient (Wildman–Crippen LogP) is 1.64. The SMILES string of the molecule is C[C@H](N)[C@@H](N)c1ccccc1I. The van der Waals surface area contributed by atoms with Crippen LogP contribution in [0.4, 0.5) is 0 Å². The molecule has 0 fully saturated rings. The summed E-state index contributed by atoms with van der Waals surface area (Å²) in [6.45, 7) is 1.92. The zero-order valence-electron chi connectivity index (χ0n) is 7.00. The molecular formula is C9H13IN2. The van der Waals surface area contributed by atoms with E-state index in [1.54, 1.807) is 0 Å². The average molecular weight is 276 g/mol. The molecule has 4 N–H and O–H groups in total. The third-order valence-corrected chi connectivity index (χ3v) is 2.81. The number of nitrogens with two attached hydrogens (primary N) is 2. The van der Waals surface area contributed by atoms with Crippen LogP contribution in [0, 0.1) is 3.57 Å². The summed E-state index contributed by atoms with van der Waals surface area (Å²) in [6, 6.07) is 7.99. The lowest BCUT2D eigenvalue weighted by Crippen LogP contribution is -2.31. The lowest BCUT2D eigenvalue weighted by Gasteiger charge is -2.17. The summed E-state index contributed by atoms with van der Waals surface area (Å²) in [6.07, 6.45) is 0. The van der Waals surface area contributed by atoms with Crippen molar-refractivity contribution in [3.05, 3.63) is 33.4 Å². The number of rotatable bonds is 2. The van der Waals surface area contributed by atoms with Crippen LogP contribution in [0.3, 0.4) is 0 Å². The molecule has 2 atom stereocenters. The van der Waals surface area contributed by atoms with Crippen molar-refractivity contribution >= 4 is 22.6 Å². The maximum absolute atomic E-state index is 5.91. The Morgan fingerprint density at radius 2 is 1.83 bits per heavy atom. The van der Waals surface area contributed by atoms with Crippen LogP contribution in [0.2, 0.25) is 0 Å². The van der Waals surface area contributed by atoms with Crippen molar-refractivity contribution < 1.29 is 0 Å². The van der Waals surface area contributed by atoms with Crippen molar-refractivity contribution in [3.8, 4) is 0 Å². The van der Waals surface area contributed by atoms with Gasteiger partial charge < -0.3 is 11.5 Å². The van der Waals surface area contributed by atoms with Gasteiger partial charge >= 0.3 is 0 Å². The van der Waals surface area contributed by atoms with Gasteiger partial charge in [0.25, 0.3) is 0 Å². The second-order valence-electron chi connectivity index (χ2n) is 2.91. The topological polar surface area (TPSA) is 52.0 Å². The largest absolute Gasteiger partial charge is 0.326 e. The maximum atomic E-state index is 5.91. The molecule has 0 heterocycles. The number of hydrogen-bond acceptors (Lipinski definition) is 2. The monoisotopic (exact) mass is 276 g/mol. The molecule has 1 rings (SSSR count). The van der Waals surface area contributed by atoms with Crippen LogP contribution in [0.25, 0.3) is 0 Å². The molecule has 1 aromatic rings. The van der Waals surface area contributed by atoms with Gasteiger partial charge in [-0.1, -0.05) is 18.2 Å². The van der Waals surface area contributed by atoms with Crippen LogP contribution in [-0.4, -0.2) is 6.04 Å². The van der Waals surface area contributed by atoms with Gasteiger partial charge in [-0.15, -0.1) is 0 Å². The summed E-state index contributed by atoms with van der Waals surface area (Å²) >= 11 is 2.27. The van der Waals surface area contributed by atoms with Gasteiger partial charge in [0.1, 0.15) is 0 Å². The fraction of sp³-hybridized carbons (Fsp3) is 0.333. The minimum Gasteiger partial charge on any atom is -0.326 e. The third kappa shape index (κ3) is 2.18. The van der Waals surface area contributed by atoms with Gasteiger partial charge in [-0.05, 0) is 41.1 Å². The Bertz CT molecular complexity index is 260. The maximum Gasteiger partial charge on any atom is 0.0456 e. The first-order chi connectivity index (χ1) is 5.63. The number of halogens is 1. The second kappa shape index (κ2) is 4.20. The zero-order valence-corrected chi connectivity index (χ0v) is 9.15. The van der Waals surface area contributed by atoms with Crippen molar-refractivity contribution in [3.63, 3.8) is 0 Å². The van der Waals surface area contributed by atoms with Crippen LogP contribution in [-0.2, 0) is 0 Å². The van der Waals surface area contributed by atoms with Gasteiger partial charge in [0.2, 0.25) is 0 Å². The Kier molecular flexibility index (Phi) is 3.49. The van der Waals surface area contributed by atoms with E-state index < -0.39 is 0 Å². The molecular weight excluding hydrogens is 263 g/mol. The molecule has 0 saturated carbocycles. The minimum atomic E-state index is -0.0573. The normalized spacial score (nSPS) is 15.7. The van der Waals surface area contributed by atoms with Crippen LogP contribution in [0.15, 0.2) is 24.3 Å². The van der Waals surface area contributed by atoms with E-state index in [1.807, 2.05) is 31.2 Å². The van der Waals surface area contributed by atoms with Gasteiger partial charge in [0.05, 0.1) is 0 Å². The van der Waals surface area contributed by atoms with Gasteiger partial charge in [0.15, 0.2) is 0 Å². The quantitative estimate of drug-likeness (QED) is 0.807. The van der Waals surface area contributed by atoms with E-state index in [-0.39, 0.29) is 12.1 Å². The van der Waals surface area contributed by atoms with Crippen molar-refractivity contribution in [1.82, 2.24) is 0 Å². The van der Waals surface area contributed by atoms with E-state index in [1.165, 1.54) is 3.57 Å². The molecule has 12 heavy (non-hydrogen) atoms. The van der Waals surface area contributed by atoms with Gasteiger partial charge in [-0.2, -0.15) is 0 Å². The van der Waals surface area contributed by atoms with E-state index >= 15 is 0 Å². The van der Waals surface area contributed by atoms with Crippen molar-refractivity contribution in [2.45, 2.75) is 19.0 Å². The lowest BCUT2D eigenvalue weighted by molar-refractivity contribution is 0.587. The summed E-state index contributed by atoms with van der Waals surface area (Å²) in [5.41, 5.74) is 12.7. The Morgan fingerprint density at radius 1 is 1.25 bits per heavy atom. The molecule has 3 heteroatoms.